The fourth-order valence-electron chi connectivity index (χ4n) is 1.48. The zero-order valence-electron chi connectivity index (χ0n) is 10.4. The fraction of sp³-hybridized carbons (Fsp3) is 0.154. The number of rotatable bonds is 4. The van der Waals surface area contributed by atoms with Crippen LogP contribution in [-0.2, 0) is 6.61 Å². The molecule has 8 heteroatoms. The van der Waals surface area contributed by atoms with Crippen LogP contribution in [0.25, 0.3) is 0 Å². The normalized spacial score (nSPS) is 11.3. The topological polar surface area (TPSA) is 51.6 Å². The molecule has 0 fully saturated rings. The van der Waals surface area contributed by atoms with Crippen molar-refractivity contribution in [3.8, 4) is 17.4 Å². The number of hydrogen-bond donors (Lipinski definition) is 1. The third-order valence-electron chi connectivity index (χ3n) is 2.33. The van der Waals surface area contributed by atoms with Gasteiger partial charge in [0.15, 0.2) is 11.6 Å². The molecule has 1 aromatic heterocycles. The molecule has 0 unspecified atom stereocenters. The maximum Gasteiger partial charge on any atom is 0.574 e. The number of aliphatic hydroxyl groups excluding tert-OH is 1. The summed E-state index contributed by atoms with van der Waals surface area (Å²) in [5.41, 5.74) is 0.343. The molecule has 0 aliphatic heterocycles. The number of hydrogen-bond acceptors (Lipinski definition) is 4. The van der Waals surface area contributed by atoms with Crippen LogP contribution in [0.5, 0.6) is 17.4 Å². The molecule has 0 saturated carbocycles. The Kier molecular flexibility index (Phi) is 4.27. The van der Waals surface area contributed by atoms with E-state index in [-0.39, 0.29) is 18.1 Å². The summed E-state index contributed by atoms with van der Waals surface area (Å²) in [6.45, 7) is -0.337. The van der Waals surface area contributed by atoms with E-state index in [1.54, 1.807) is 0 Å². The number of pyridine rings is 1. The first-order valence-electron chi connectivity index (χ1n) is 5.66. The number of aliphatic hydroxyl groups is 1. The molecule has 2 aromatic rings. The molecule has 0 amide bonds. The average Bonchev–Trinajstić information content (AvgIpc) is 2.39. The molecule has 112 valence electrons. The zero-order valence-corrected chi connectivity index (χ0v) is 10.4. The summed E-state index contributed by atoms with van der Waals surface area (Å²) in [6.07, 6.45) is -3.84. The van der Waals surface area contributed by atoms with E-state index in [0.717, 1.165) is 18.3 Å². The first kappa shape index (κ1) is 15.0. The van der Waals surface area contributed by atoms with Gasteiger partial charge < -0.3 is 14.6 Å². The van der Waals surface area contributed by atoms with Crippen molar-refractivity contribution in [1.82, 2.24) is 4.98 Å². The average molecular weight is 303 g/mol. The van der Waals surface area contributed by atoms with Gasteiger partial charge in [-0.1, -0.05) is 6.07 Å². The lowest BCUT2D eigenvalue weighted by molar-refractivity contribution is -0.276. The van der Waals surface area contributed by atoms with Crippen molar-refractivity contribution in [2.45, 2.75) is 13.0 Å². The van der Waals surface area contributed by atoms with Crippen LogP contribution < -0.4 is 9.47 Å². The Morgan fingerprint density at radius 2 is 1.90 bits per heavy atom. The first-order chi connectivity index (χ1) is 9.87. The fourth-order valence-corrected chi connectivity index (χ4v) is 1.48. The molecular weight excluding hydrogens is 294 g/mol. The van der Waals surface area contributed by atoms with Crippen molar-refractivity contribution in [3.05, 3.63) is 47.9 Å². The lowest BCUT2D eigenvalue weighted by Gasteiger charge is -2.10. The van der Waals surface area contributed by atoms with Crippen molar-refractivity contribution in [2.24, 2.45) is 0 Å². The lowest BCUT2D eigenvalue weighted by Crippen LogP contribution is -2.17. The van der Waals surface area contributed by atoms with Crippen molar-refractivity contribution >= 4 is 0 Å². The summed E-state index contributed by atoms with van der Waals surface area (Å²) in [6, 6.07) is 5.87. The summed E-state index contributed by atoms with van der Waals surface area (Å²) in [5, 5.41) is 8.85. The van der Waals surface area contributed by atoms with Crippen LogP contribution in [0.1, 0.15) is 5.56 Å². The van der Waals surface area contributed by atoms with E-state index in [0.29, 0.717) is 5.56 Å². The van der Waals surface area contributed by atoms with Gasteiger partial charge in [0.25, 0.3) is 0 Å². The van der Waals surface area contributed by atoms with Crippen LogP contribution in [0.15, 0.2) is 36.5 Å². The minimum atomic E-state index is -4.88. The lowest BCUT2D eigenvalue weighted by atomic mass is 10.2. The van der Waals surface area contributed by atoms with Crippen LogP contribution in [0, 0.1) is 5.82 Å². The maximum absolute atomic E-state index is 13.6. The zero-order chi connectivity index (χ0) is 15.5. The first-order valence-corrected chi connectivity index (χ1v) is 5.66. The second-order valence-corrected chi connectivity index (χ2v) is 3.90. The van der Waals surface area contributed by atoms with Gasteiger partial charge in [-0.3, -0.25) is 0 Å². The number of benzene rings is 1. The highest BCUT2D eigenvalue weighted by Gasteiger charge is 2.31. The Labute approximate surface area is 116 Å². The molecule has 0 aliphatic rings. The molecule has 0 spiro atoms. The minimum absolute atomic E-state index is 0.0695. The highest BCUT2D eigenvalue weighted by molar-refractivity contribution is 5.35. The number of aromatic nitrogens is 1. The quantitative estimate of drug-likeness (QED) is 0.880. The summed E-state index contributed by atoms with van der Waals surface area (Å²) in [7, 11) is 0. The van der Waals surface area contributed by atoms with Gasteiger partial charge in [0.05, 0.1) is 6.61 Å². The highest BCUT2D eigenvalue weighted by Crippen LogP contribution is 2.28. The number of ether oxygens (including phenoxy) is 2. The Balaban J connectivity index is 2.18. The van der Waals surface area contributed by atoms with Gasteiger partial charge in [0.1, 0.15) is 5.75 Å². The van der Waals surface area contributed by atoms with E-state index in [1.807, 2.05) is 0 Å². The van der Waals surface area contributed by atoms with Gasteiger partial charge >= 0.3 is 6.36 Å². The Bertz CT molecular complexity index is 631. The molecule has 0 bridgehead atoms. The Hall–Kier alpha value is -2.35. The molecule has 0 aliphatic carbocycles. The molecule has 1 heterocycles. The van der Waals surface area contributed by atoms with Crippen molar-refractivity contribution < 1.29 is 32.1 Å². The van der Waals surface area contributed by atoms with Crippen LogP contribution in [0.2, 0.25) is 0 Å². The van der Waals surface area contributed by atoms with E-state index in [9.17, 15) is 17.6 Å². The SMILES string of the molecule is OCc1ccc(Oc2ccnc(OC(F)(F)F)c2)c(F)c1. The van der Waals surface area contributed by atoms with E-state index in [1.165, 1.54) is 18.2 Å². The van der Waals surface area contributed by atoms with Crippen LogP contribution in [-0.4, -0.2) is 16.5 Å². The number of alkyl halides is 3. The molecule has 1 N–H and O–H groups in total. The van der Waals surface area contributed by atoms with Crippen LogP contribution >= 0.6 is 0 Å². The van der Waals surface area contributed by atoms with Gasteiger partial charge in [-0.25, -0.2) is 9.37 Å². The van der Waals surface area contributed by atoms with Gasteiger partial charge in [-0.05, 0) is 23.8 Å². The summed E-state index contributed by atoms with van der Waals surface area (Å²) >= 11 is 0. The standard InChI is InChI=1S/C13H9F4NO3/c14-10-5-8(7-19)1-2-11(10)20-9-3-4-18-12(6-9)21-13(15,16)17/h1-6,19H,7H2. The van der Waals surface area contributed by atoms with E-state index < -0.39 is 18.1 Å². The summed E-state index contributed by atoms with van der Waals surface area (Å²) < 4.78 is 58.6. The molecule has 21 heavy (non-hydrogen) atoms. The smallest absolute Gasteiger partial charge is 0.454 e. The third kappa shape index (κ3) is 4.32. The van der Waals surface area contributed by atoms with Crippen LogP contribution in [0.4, 0.5) is 17.6 Å². The summed E-state index contributed by atoms with van der Waals surface area (Å²) in [4.78, 5) is 3.37. The second-order valence-electron chi connectivity index (χ2n) is 3.90. The highest BCUT2D eigenvalue weighted by atomic mass is 19.4. The summed E-state index contributed by atoms with van der Waals surface area (Å²) in [5.74, 6) is -1.74. The Morgan fingerprint density at radius 1 is 1.14 bits per heavy atom. The van der Waals surface area contributed by atoms with E-state index >= 15 is 0 Å². The van der Waals surface area contributed by atoms with Gasteiger partial charge in [0, 0.05) is 12.3 Å². The molecule has 2 rings (SSSR count). The van der Waals surface area contributed by atoms with Crippen LogP contribution in [0.3, 0.4) is 0 Å². The second kappa shape index (κ2) is 5.96. The van der Waals surface area contributed by atoms with Crippen molar-refractivity contribution in [2.75, 3.05) is 0 Å². The van der Waals surface area contributed by atoms with Gasteiger partial charge in [0.2, 0.25) is 5.88 Å². The third-order valence-corrected chi connectivity index (χ3v) is 2.33. The largest absolute Gasteiger partial charge is 0.574 e. The monoisotopic (exact) mass is 303 g/mol. The predicted octanol–water partition coefficient (Wildman–Crippen LogP) is 3.40. The molecule has 0 atom stereocenters. The maximum atomic E-state index is 13.6. The molecule has 1 aromatic carbocycles. The molecular formula is C13H9F4NO3. The van der Waals surface area contributed by atoms with Crippen molar-refractivity contribution in [3.63, 3.8) is 0 Å². The minimum Gasteiger partial charge on any atom is -0.454 e. The molecule has 0 radical (unpaired) electrons. The number of nitrogens with zero attached hydrogens (tertiary/aromatic N) is 1. The molecule has 4 nitrogen and oxygen atoms in total. The van der Waals surface area contributed by atoms with E-state index in [4.69, 9.17) is 9.84 Å². The molecule has 0 saturated heterocycles. The Morgan fingerprint density at radius 3 is 2.52 bits per heavy atom. The van der Waals surface area contributed by atoms with E-state index in [2.05, 4.69) is 9.72 Å². The van der Waals surface area contributed by atoms with Gasteiger partial charge in [-0.15, -0.1) is 13.2 Å². The number of halogens is 4. The van der Waals surface area contributed by atoms with Gasteiger partial charge in [-0.2, -0.15) is 0 Å². The van der Waals surface area contributed by atoms with Crippen molar-refractivity contribution in [1.29, 1.82) is 0 Å². The predicted molar refractivity (Wildman–Crippen MR) is 63.3 cm³/mol.